The van der Waals surface area contributed by atoms with Gasteiger partial charge in [0.15, 0.2) is 0 Å². The minimum absolute atomic E-state index is 0.532. The van der Waals surface area contributed by atoms with Crippen LogP contribution in [0.4, 0.5) is 0 Å². The topological polar surface area (TPSA) is 29.1 Å². The lowest BCUT2D eigenvalue weighted by Crippen LogP contribution is -1.95. The molecule has 2 rings (SSSR count). The molecule has 0 atom stereocenters. The number of allylic oxidation sites excluding steroid dienone is 6. The molecule has 0 saturated heterocycles. The van der Waals surface area contributed by atoms with Crippen LogP contribution in [-0.4, -0.2) is 6.79 Å². The third-order valence-electron chi connectivity index (χ3n) is 2.99. The zero-order chi connectivity index (χ0) is 12.8. The van der Waals surface area contributed by atoms with Gasteiger partial charge in [-0.2, -0.15) is 5.11 Å². The lowest BCUT2D eigenvalue weighted by Gasteiger charge is -2.09. The highest BCUT2D eigenvalue weighted by atomic mass is 16.6. The Labute approximate surface area is 108 Å². The summed E-state index contributed by atoms with van der Waals surface area (Å²) in [7, 11) is 0. The fourth-order valence-electron chi connectivity index (χ4n) is 1.96. The Morgan fingerprint density at radius 3 is 2.72 bits per heavy atom. The molecule has 2 nitrogen and oxygen atoms in total. The summed E-state index contributed by atoms with van der Waals surface area (Å²) in [5, 5.41) is 10.3. The Kier molecular flexibility index (Phi) is 4.37. The van der Waals surface area contributed by atoms with Crippen LogP contribution in [0.5, 0.6) is 5.75 Å². The summed E-state index contributed by atoms with van der Waals surface area (Å²) in [4.78, 5) is 0. The molecular formula is C16H16O2. The van der Waals surface area contributed by atoms with Crippen molar-refractivity contribution in [2.24, 2.45) is 0 Å². The normalized spacial score (nSPS) is 16.8. The zero-order valence-electron chi connectivity index (χ0n) is 10.5. The van der Waals surface area contributed by atoms with Gasteiger partial charge in [0.1, 0.15) is 5.75 Å². The molecule has 0 heterocycles. The molecule has 1 aliphatic rings. The quantitative estimate of drug-likeness (QED) is 0.739. The molecule has 0 spiro atoms. The van der Waals surface area contributed by atoms with Crippen molar-refractivity contribution in [3.05, 3.63) is 65.3 Å². The van der Waals surface area contributed by atoms with Crippen molar-refractivity contribution in [2.75, 3.05) is 6.79 Å². The van der Waals surface area contributed by atoms with Crippen molar-refractivity contribution in [1.82, 2.24) is 0 Å². The van der Waals surface area contributed by atoms with E-state index >= 15 is 0 Å². The number of ether oxygens (including phenoxy) is 1. The summed E-state index contributed by atoms with van der Waals surface area (Å²) in [6, 6.07) is 7.69. The molecule has 1 aliphatic carbocycles. The van der Waals surface area contributed by atoms with Gasteiger partial charge in [-0.05, 0) is 49.1 Å². The van der Waals surface area contributed by atoms with Gasteiger partial charge >= 0.3 is 0 Å². The lowest BCUT2D eigenvalue weighted by atomic mass is 9.97. The summed E-state index contributed by atoms with van der Waals surface area (Å²) in [6.45, 7) is 1.62. The number of hydrogen-bond acceptors (Lipinski definition) is 1. The van der Waals surface area contributed by atoms with Crippen molar-refractivity contribution >= 4 is 0 Å². The van der Waals surface area contributed by atoms with Crippen LogP contribution < -0.4 is 4.74 Å². The predicted octanol–water partition coefficient (Wildman–Crippen LogP) is 3.63. The summed E-state index contributed by atoms with van der Waals surface area (Å²) in [5.41, 5.74) is 3.94. The monoisotopic (exact) mass is 240 g/mol. The van der Waals surface area contributed by atoms with Gasteiger partial charge in [0.05, 0.1) is 0 Å². The second kappa shape index (κ2) is 6.22. The van der Waals surface area contributed by atoms with Crippen LogP contribution in [0, 0.1) is 6.08 Å². The third-order valence-corrected chi connectivity index (χ3v) is 2.99. The van der Waals surface area contributed by atoms with Gasteiger partial charge in [0.25, 0.3) is 0 Å². The Hall–Kier alpha value is -1.80. The molecule has 0 bridgehead atoms. The molecule has 0 unspecified atom stereocenters. The SMILES string of the molecule is CC(Cc1ccc(OC[O])cc1)=C1C=C[C]=CC1. The highest BCUT2D eigenvalue weighted by molar-refractivity contribution is 5.35. The summed E-state index contributed by atoms with van der Waals surface area (Å²) in [5.74, 6) is 0.633. The molecule has 1 aromatic rings. The molecule has 92 valence electrons. The predicted molar refractivity (Wildman–Crippen MR) is 70.6 cm³/mol. The first-order chi connectivity index (χ1) is 8.79. The second-order valence-corrected chi connectivity index (χ2v) is 4.30. The van der Waals surface area contributed by atoms with E-state index in [0.717, 1.165) is 12.8 Å². The first-order valence-corrected chi connectivity index (χ1v) is 6.02. The van der Waals surface area contributed by atoms with Crippen LogP contribution in [0.25, 0.3) is 0 Å². The Morgan fingerprint density at radius 2 is 2.11 bits per heavy atom. The molecular weight excluding hydrogens is 224 g/mol. The summed E-state index contributed by atoms with van der Waals surface area (Å²) >= 11 is 0. The molecule has 0 N–H and O–H groups in total. The zero-order valence-corrected chi connectivity index (χ0v) is 10.5. The maximum Gasteiger partial charge on any atom is 0.221 e. The van der Waals surface area contributed by atoms with E-state index in [4.69, 9.17) is 4.74 Å². The highest BCUT2D eigenvalue weighted by Crippen LogP contribution is 2.20. The molecule has 0 saturated carbocycles. The molecule has 2 radical (unpaired) electrons. The number of benzene rings is 1. The second-order valence-electron chi connectivity index (χ2n) is 4.30. The van der Waals surface area contributed by atoms with Crippen molar-refractivity contribution < 1.29 is 9.84 Å². The summed E-state index contributed by atoms with van der Waals surface area (Å²) in [6.07, 6.45) is 11.1. The van der Waals surface area contributed by atoms with Gasteiger partial charge in [-0.3, -0.25) is 0 Å². The van der Waals surface area contributed by atoms with Gasteiger partial charge in [-0.15, -0.1) is 0 Å². The molecule has 0 fully saturated rings. The lowest BCUT2D eigenvalue weighted by molar-refractivity contribution is 0.0376. The van der Waals surface area contributed by atoms with Crippen LogP contribution in [0.1, 0.15) is 18.9 Å². The highest BCUT2D eigenvalue weighted by Gasteiger charge is 2.02. The summed E-state index contributed by atoms with van der Waals surface area (Å²) < 4.78 is 4.89. The number of hydrogen-bond donors (Lipinski definition) is 0. The van der Waals surface area contributed by atoms with Gasteiger partial charge < -0.3 is 4.74 Å². The van der Waals surface area contributed by atoms with Gasteiger partial charge in [-0.25, -0.2) is 0 Å². The molecule has 18 heavy (non-hydrogen) atoms. The molecule has 0 amide bonds. The van der Waals surface area contributed by atoms with E-state index in [1.165, 1.54) is 16.7 Å². The van der Waals surface area contributed by atoms with Crippen molar-refractivity contribution in [3.8, 4) is 5.75 Å². The third kappa shape index (κ3) is 3.34. The van der Waals surface area contributed by atoms with Gasteiger partial charge in [-0.1, -0.05) is 35.9 Å². The standard InChI is InChI=1S/C16H16O2/c1-13(15-5-3-2-4-6-15)11-14-7-9-16(10-8-14)18-12-17/h3-5,7-10H,6,11-12H2,1H3. The van der Waals surface area contributed by atoms with E-state index in [2.05, 4.69) is 19.1 Å². The Balaban J connectivity index is 2.05. The average molecular weight is 240 g/mol. The van der Waals surface area contributed by atoms with Crippen LogP contribution >= 0.6 is 0 Å². The fourth-order valence-corrected chi connectivity index (χ4v) is 1.96. The van der Waals surface area contributed by atoms with E-state index < -0.39 is 6.79 Å². The average Bonchev–Trinajstić information content (AvgIpc) is 2.42. The molecule has 0 aromatic heterocycles. The first-order valence-electron chi connectivity index (χ1n) is 6.02. The Bertz CT molecular complexity index is 478. The minimum atomic E-state index is -0.532. The Morgan fingerprint density at radius 1 is 1.33 bits per heavy atom. The van der Waals surface area contributed by atoms with Crippen molar-refractivity contribution in [2.45, 2.75) is 19.8 Å². The van der Waals surface area contributed by atoms with Gasteiger partial charge in [0.2, 0.25) is 6.79 Å². The van der Waals surface area contributed by atoms with Crippen molar-refractivity contribution in [3.63, 3.8) is 0 Å². The van der Waals surface area contributed by atoms with E-state index in [1.807, 2.05) is 36.4 Å². The maximum atomic E-state index is 10.3. The molecule has 0 aliphatic heterocycles. The van der Waals surface area contributed by atoms with E-state index in [0.29, 0.717) is 5.75 Å². The number of rotatable bonds is 4. The smallest absolute Gasteiger partial charge is 0.221 e. The van der Waals surface area contributed by atoms with Crippen LogP contribution in [0.2, 0.25) is 0 Å². The van der Waals surface area contributed by atoms with Crippen LogP contribution in [-0.2, 0) is 11.5 Å². The van der Waals surface area contributed by atoms with E-state index in [9.17, 15) is 5.11 Å². The van der Waals surface area contributed by atoms with Gasteiger partial charge in [0, 0.05) is 0 Å². The minimum Gasteiger partial charge on any atom is -0.465 e. The largest absolute Gasteiger partial charge is 0.465 e. The molecule has 1 aromatic carbocycles. The van der Waals surface area contributed by atoms with E-state index in [1.54, 1.807) is 0 Å². The first kappa shape index (κ1) is 12.7. The van der Waals surface area contributed by atoms with Crippen LogP contribution in [0.15, 0.2) is 53.6 Å². The maximum absolute atomic E-state index is 10.3. The van der Waals surface area contributed by atoms with Crippen molar-refractivity contribution in [1.29, 1.82) is 0 Å². The van der Waals surface area contributed by atoms with E-state index in [-0.39, 0.29) is 0 Å². The van der Waals surface area contributed by atoms with Crippen LogP contribution in [0.3, 0.4) is 0 Å². The molecule has 2 heteroatoms. The fraction of sp³-hybridized carbons (Fsp3) is 0.250.